The van der Waals surface area contributed by atoms with Crippen LogP contribution in [0.1, 0.15) is 56.4 Å². The van der Waals surface area contributed by atoms with Crippen LogP contribution in [-0.2, 0) is 0 Å². The van der Waals surface area contributed by atoms with Crippen molar-refractivity contribution < 1.29 is 4.39 Å². The molecule has 1 heterocycles. The molecule has 132 valence electrons. The topological polar surface area (TPSA) is 37.4 Å². The van der Waals surface area contributed by atoms with Gasteiger partial charge in [0, 0.05) is 23.1 Å². The highest BCUT2D eigenvalue weighted by atomic mass is 19.1. The van der Waals surface area contributed by atoms with Gasteiger partial charge in [0.1, 0.15) is 5.82 Å². The lowest BCUT2D eigenvalue weighted by Crippen LogP contribution is -2.49. The molecule has 2 atom stereocenters. The Balaban J connectivity index is 1.70. The minimum atomic E-state index is -0.399. The van der Waals surface area contributed by atoms with Gasteiger partial charge in [-0.25, -0.2) is 4.39 Å². The lowest BCUT2D eigenvalue weighted by molar-refractivity contribution is 0.112. The van der Waals surface area contributed by atoms with E-state index < -0.39 is 5.43 Å². The van der Waals surface area contributed by atoms with Crippen molar-refractivity contribution in [3.05, 3.63) is 56.1 Å². The lowest BCUT2D eigenvalue weighted by Gasteiger charge is -2.42. The summed E-state index contributed by atoms with van der Waals surface area (Å²) in [6.07, 6.45) is 8.11. The van der Waals surface area contributed by atoms with Gasteiger partial charge in [0.25, 0.3) is 0 Å². The van der Waals surface area contributed by atoms with Crippen LogP contribution in [0.3, 0.4) is 0 Å². The molecule has 1 aliphatic heterocycles. The predicted octanol–water partition coefficient (Wildman–Crippen LogP) is 3.60. The van der Waals surface area contributed by atoms with Crippen molar-refractivity contribution in [2.45, 2.75) is 56.9 Å². The quantitative estimate of drug-likeness (QED) is 0.801. The molecule has 0 N–H and O–H groups in total. The Kier molecular flexibility index (Phi) is 4.55. The predicted molar refractivity (Wildman–Crippen MR) is 97.2 cm³/mol. The van der Waals surface area contributed by atoms with Crippen molar-refractivity contribution in [1.82, 2.24) is 4.90 Å². The second kappa shape index (κ2) is 6.83. The van der Waals surface area contributed by atoms with Crippen LogP contribution in [-0.4, -0.2) is 24.0 Å². The van der Waals surface area contributed by atoms with E-state index in [1.807, 2.05) is 0 Å². The van der Waals surface area contributed by atoms with E-state index in [1.165, 1.54) is 37.8 Å². The molecule has 3 nitrogen and oxygen atoms in total. The standard InChI is InChI=1S/C21H24FNO2/c22-15-10-8-14(9-11-15)18-19(21(25)20(18)24)16-6-2-3-7-17(16)23-12-4-1-5-13-23/h8-11,16-17H,1-7,12-13H2/t16-,17-/m0/s1. The van der Waals surface area contributed by atoms with Gasteiger partial charge >= 0.3 is 0 Å². The maximum Gasteiger partial charge on any atom is 0.234 e. The molecule has 1 aliphatic carbocycles. The Morgan fingerprint density at radius 3 is 2.24 bits per heavy atom. The van der Waals surface area contributed by atoms with Crippen LogP contribution in [0.15, 0.2) is 33.9 Å². The second-order valence-electron chi connectivity index (χ2n) is 7.51. The fraction of sp³-hybridized carbons (Fsp3) is 0.524. The number of benzene rings is 1. The summed E-state index contributed by atoms with van der Waals surface area (Å²) < 4.78 is 13.2. The molecule has 2 aliphatic rings. The molecule has 2 aromatic rings. The Bertz CT molecular complexity index is 813. The monoisotopic (exact) mass is 341 g/mol. The van der Waals surface area contributed by atoms with E-state index in [-0.39, 0.29) is 17.2 Å². The van der Waals surface area contributed by atoms with E-state index in [4.69, 9.17) is 0 Å². The number of piperidine rings is 1. The van der Waals surface area contributed by atoms with Gasteiger partial charge in [-0.15, -0.1) is 0 Å². The van der Waals surface area contributed by atoms with E-state index in [1.54, 1.807) is 12.1 Å². The second-order valence-corrected chi connectivity index (χ2v) is 7.51. The van der Waals surface area contributed by atoms with Gasteiger partial charge in [0.2, 0.25) is 10.9 Å². The molecular formula is C21H24FNO2. The first-order valence-electron chi connectivity index (χ1n) is 9.50. The van der Waals surface area contributed by atoms with E-state index in [0.717, 1.165) is 32.4 Å². The molecule has 25 heavy (non-hydrogen) atoms. The van der Waals surface area contributed by atoms with Gasteiger partial charge in [-0.1, -0.05) is 31.4 Å². The molecule has 0 bridgehead atoms. The zero-order chi connectivity index (χ0) is 17.4. The molecule has 2 fully saturated rings. The maximum atomic E-state index is 13.2. The average molecular weight is 341 g/mol. The van der Waals surface area contributed by atoms with Crippen LogP contribution in [0, 0.1) is 5.82 Å². The summed E-state index contributed by atoms with van der Waals surface area (Å²) in [6, 6.07) is 6.33. The molecule has 0 radical (unpaired) electrons. The van der Waals surface area contributed by atoms with Gasteiger partial charge in [0.15, 0.2) is 0 Å². The van der Waals surface area contributed by atoms with E-state index >= 15 is 0 Å². The van der Waals surface area contributed by atoms with Crippen molar-refractivity contribution >= 4 is 0 Å². The summed E-state index contributed by atoms with van der Waals surface area (Å²) >= 11 is 0. The van der Waals surface area contributed by atoms with Crippen LogP contribution in [0.5, 0.6) is 0 Å². The molecule has 2 aromatic carbocycles. The summed E-state index contributed by atoms with van der Waals surface area (Å²) in [5.41, 5.74) is 1.23. The van der Waals surface area contributed by atoms with Gasteiger partial charge in [-0.05, 0) is 56.5 Å². The molecular weight excluding hydrogens is 317 g/mol. The number of halogens is 1. The van der Waals surface area contributed by atoms with E-state index in [9.17, 15) is 14.0 Å². The molecule has 4 rings (SSSR count). The summed E-state index contributed by atoms with van der Waals surface area (Å²) in [6.45, 7) is 2.20. The molecule has 1 saturated heterocycles. The van der Waals surface area contributed by atoms with Gasteiger partial charge in [-0.2, -0.15) is 0 Å². The molecule has 0 spiro atoms. The summed E-state index contributed by atoms with van der Waals surface area (Å²) in [4.78, 5) is 27.2. The van der Waals surface area contributed by atoms with Crippen LogP contribution in [0.25, 0.3) is 11.1 Å². The molecule has 0 unspecified atom stereocenters. The summed E-state index contributed by atoms with van der Waals surface area (Å²) in [7, 11) is 0. The normalized spacial score (nSPS) is 25.3. The van der Waals surface area contributed by atoms with Gasteiger partial charge in [-0.3, -0.25) is 14.5 Å². The molecule has 4 heteroatoms. The van der Waals surface area contributed by atoms with E-state index in [0.29, 0.717) is 22.7 Å². The maximum absolute atomic E-state index is 13.2. The third-order valence-electron chi connectivity index (χ3n) is 6.04. The first kappa shape index (κ1) is 16.6. The minimum Gasteiger partial charge on any atom is -0.300 e. The third kappa shape index (κ3) is 2.97. The SMILES string of the molecule is O=c1c(-c2ccc(F)cc2)c([C@H]2CCCC[C@@H]2N2CCCCC2)c1=O. The minimum absolute atomic E-state index is 0.150. The number of hydrogen-bond donors (Lipinski definition) is 0. The Hall–Kier alpha value is -1.81. The van der Waals surface area contributed by atoms with Crippen LogP contribution in [0.2, 0.25) is 0 Å². The Labute approximate surface area is 147 Å². The molecule has 1 saturated carbocycles. The highest BCUT2D eigenvalue weighted by molar-refractivity contribution is 5.71. The Morgan fingerprint density at radius 1 is 0.840 bits per heavy atom. The number of hydrogen-bond acceptors (Lipinski definition) is 3. The molecule has 0 amide bonds. The highest BCUT2D eigenvalue weighted by Crippen LogP contribution is 2.39. The zero-order valence-electron chi connectivity index (χ0n) is 14.5. The van der Waals surface area contributed by atoms with Crippen molar-refractivity contribution in [2.24, 2.45) is 0 Å². The zero-order valence-corrected chi connectivity index (χ0v) is 14.5. The van der Waals surface area contributed by atoms with Crippen molar-refractivity contribution in [2.75, 3.05) is 13.1 Å². The largest absolute Gasteiger partial charge is 0.300 e. The smallest absolute Gasteiger partial charge is 0.234 e. The number of likely N-dealkylation sites (tertiary alicyclic amines) is 1. The van der Waals surface area contributed by atoms with Gasteiger partial charge in [0.05, 0.1) is 0 Å². The van der Waals surface area contributed by atoms with Crippen molar-refractivity contribution in [3.8, 4) is 11.1 Å². The average Bonchev–Trinajstić information content (AvgIpc) is 2.67. The third-order valence-corrected chi connectivity index (χ3v) is 6.04. The first-order chi connectivity index (χ1) is 12.2. The summed E-state index contributed by atoms with van der Waals surface area (Å²) in [5, 5.41) is 0. The van der Waals surface area contributed by atoms with Crippen LogP contribution < -0.4 is 10.9 Å². The van der Waals surface area contributed by atoms with E-state index in [2.05, 4.69) is 4.90 Å². The van der Waals surface area contributed by atoms with Gasteiger partial charge < -0.3 is 0 Å². The van der Waals surface area contributed by atoms with Crippen LogP contribution >= 0.6 is 0 Å². The molecule has 0 aromatic heterocycles. The number of rotatable bonds is 3. The van der Waals surface area contributed by atoms with Crippen molar-refractivity contribution in [3.63, 3.8) is 0 Å². The first-order valence-corrected chi connectivity index (χ1v) is 9.50. The van der Waals surface area contributed by atoms with Crippen molar-refractivity contribution in [1.29, 1.82) is 0 Å². The lowest BCUT2D eigenvalue weighted by atomic mass is 9.74. The summed E-state index contributed by atoms with van der Waals surface area (Å²) in [5.74, 6) is -0.176. The fourth-order valence-corrected chi connectivity index (χ4v) is 4.80. The fourth-order valence-electron chi connectivity index (χ4n) is 4.80. The Morgan fingerprint density at radius 2 is 1.52 bits per heavy atom. The number of nitrogens with zero attached hydrogens (tertiary/aromatic N) is 1. The van der Waals surface area contributed by atoms with Crippen LogP contribution in [0.4, 0.5) is 4.39 Å². The highest BCUT2D eigenvalue weighted by Gasteiger charge is 2.37.